The fraction of sp³-hybridized carbons (Fsp3) is 0.344. The molecular formula is C32H29Cl2F3N10O5. The lowest BCUT2D eigenvalue weighted by atomic mass is 10.1. The Morgan fingerprint density at radius 1 is 1.10 bits per heavy atom. The maximum Gasteiger partial charge on any atom is 0.416 e. The van der Waals surface area contributed by atoms with E-state index in [1.165, 1.54) is 21.7 Å². The second kappa shape index (κ2) is 13.7. The third kappa shape index (κ3) is 6.41. The van der Waals surface area contributed by atoms with Gasteiger partial charge in [0.25, 0.3) is 17.0 Å². The Morgan fingerprint density at radius 2 is 1.87 bits per heavy atom. The smallest absolute Gasteiger partial charge is 0.377 e. The minimum absolute atomic E-state index is 0.0300. The number of amides is 2. The van der Waals surface area contributed by atoms with Gasteiger partial charge in [0.15, 0.2) is 17.0 Å². The average molecular weight is 762 g/mol. The molecule has 2 N–H and O–H groups in total. The third-order valence-corrected chi connectivity index (χ3v) is 9.49. The van der Waals surface area contributed by atoms with Crippen LogP contribution in [-0.2, 0) is 28.7 Å². The SMILES string of the molecule is CCc1c(N2CCN(C(=O)c3c(=O)[nH]n4c(Cl)ccnc34)CC2)c(=O)n2nc(C3=CCOCC3)nc2n1CC(=O)Nc1ccc(C(F)(F)F)cc1Cl. The Bertz CT molecular complexity index is 2390. The molecule has 52 heavy (non-hydrogen) atoms. The number of rotatable bonds is 7. The van der Waals surface area contributed by atoms with Crippen molar-refractivity contribution in [2.45, 2.75) is 32.5 Å². The molecule has 0 bridgehead atoms. The number of nitrogens with zero attached hydrogens (tertiary/aromatic N) is 8. The summed E-state index contributed by atoms with van der Waals surface area (Å²) in [6.45, 7) is 2.84. The first-order valence-corrected chi connectivity index (χ1v) is 16.9. The van der Waals surface area contributed by atoms with Crippen molar-refractivity contribution in [3.63, 3.8) is 0 Å². The van der Waals surface area contributed by atoms with E-state index in [1.807, 2.05) is 6.08 Å². The van der Waals surface area contributed by atoms with Crippen LogP contribution in [0.3, 0.4) is 0 Å². The van der Waals surface area contributed by atoms with Crippen molar-refractivity contribution in [2.24, 2.45) is 0 Å². The molecule has 0 saturated carbocycles. The lowest BCUT2D eigenvalue weighted by Gasteiger charge is -2.36. The van der Waals surface area contributed by atoms with Gasteiger partial charge in [0.05, 0.1) is 35.2 Å². The number of carbonyl (C=O) groups is 2. The molecule has 272 valence electrons. The molecule has 5 aromatic rings. The van der Waals surface area contributed by atoms with Gasteiger partial charge in [-0.2, -0.15) is 22.7 Å². The van der Waals surface area contributed by atoms with Gasteiger partial charge in [0.2, 0.25) is 11.7 Å². The number of anilines is 2. The third-order valence-electron chi connectivity index (χ3n) is 8.88. The molecule has 0 unspecified atom stereocenters. The first-order chi connectivity index (χ1) is 24.8. The standard InChI is InChI=1S/C32H29Cl2F3N10O5/c1-2-21-25(43-9-11-44(12-10-43)29(50)24-27-38-8-5-22(34)46(27)42-28(24)49)30(51)47-31(40-26(41-47)17-6-13-52-14-7-17)45(21)16-23(48)39-20-4-3-18(15-19(20)33)32(35,36)37/h3-6,8,15H,2,7,9-14,16H2,1H3,(H,39,48)(H,42,49). The van der Waals surface area contributed by atoms with Crippen molar-refractivity contribution in [1.29, 1.82) is 0 Å². The summed E-state index contributed by atoms with van der Waals surface area (Å²) in [5.74, 6) is -0.821. The number of alkyl halides is 3. The first-order valence-electron chi connectivity index (χ1n) is 16.1. The van der Waals surface area contributed by atoms with Gasteiger partial charge in [-0.15, -0.1) is 5.10 Å². The summed E-state index contributed by atoms with van der Waals surface area (Å²) in [7, 11) is 0. The largest absolute Gasteiger partial charge is 0.416 e. The van der Waals surface area contributed by atoms with Crippen molar-refractivity contribution < 1.29 is 27.5 Å². The van der Waals surface area contributed by atoms with Crippen molar-refractivity contribution in [2.75, 3.05) is 49.6 Å². The Labute approximate surface area is 301 Å². The molecule has 0 atom stereocenters. The second-order valence-electron chi connectivity index (χ2n) is 12.0. The van der Waals surface area contributed by atoms with Crippen LogP contribution in [0, 0.1) is 0 Å². The zero-order valence-corrected chi connectivity index (χ0v) is 28.8. The molecule has 1 saturated heterocycles. The lowest BCUT2D eigenvalue weighted by molar-refractivity contribution is -0.137. The second-order valence-corrected chi connectivity index (χ2v) is 12.8. The highest BCUT2D eigenvalue weighted by Crippen LogP contribution is 2.34. The molecule has 0 aliphatic carbocycles. The number of piperazine rings is 1. The molecule has 20 heteroatoms. The van der Waals surface area contributed by atoms with Crippen molar-refractivity contribution in [3.05, 3.63) is 90.1 Å². The number of hydrogen-bond acceptors (Lipinski definition) is 9. The van der Waals surface area contributed by atoms with Crippen LogP contribution in [0.1, 0.15) is 40.8 Å². The Kier molecular flexibility index (Phi) is 9.30. The monoisotopic (exact) mass is 760 g/mol. The highest BCUT2D eigenvalue weighted by atomic mass is 35.5. The molecule has 15 nitrogen and oxygen atoms in total. The van der Waals surface area contributed by atoms with Crippen LogP contribution in [0.5, 0.6) is 0 Å². The molecule has 0 radical (unpaired) electrons. The number of aromatic nitrogens is 7. The van der Waals surface area contributed by atoms with Crippen LogP contribution < -0.4 is 21.3 Å². The van der Waals surface area contributed by atoms with E-state index >= 15 is 0 Å². The predicted octanol–water partition coefficient (Wildman–Crippen LogP) is 3.52. The number of fused-ring (bicyclic) bond motifs is 2. The van der Waals surface area contributed by atoms with Crippen LogP contribution in [0.25, 0.3) is 17.0 Å². The minimum atomic E-state index is -4.62. The normalized spacial score (nSPS) is 15.4. The lowest BCUT2D eigenvalue weighted by Crippen LogP contribution is -2.51. The van der Waals surface area contributed by atoms with Gasteiger partial charge < -0.3 is 24.4 Å². The summed E-state index contributed by atoms with van der Waals surface area (Å²) in [4.78, 5) is 66.1. The maximum absolute atomic E-state index is 14.2. The van der Waals surface area contributed by atoms with E-state index in [9.17, 15) is 32.3 Å². The number of carbonyl (C=O) groups excluding carboxylic acids is 2. The van der Waals surface area contributed by atoms with Crippen LogP contribution in [0.4, 0.5) is 24.5 Å². The number of benzene rings is 1. The van der Waals surface area contributed by atoms with E-state index in [0.29, 0.717) is 25.3 Å². The van der Waals surface area contributed by atoms with Crippen LogP contribution >= 0.6 is 23.2 Å². The Hall–Kier alpha value is -5.20. The van der Waals surface area contributed by atoms with Crippen LogP contribution in [-0.4, -0.2) is 89.9 Å². The van der Waals surface area contributed by atoms with Gasteiger partial charge in [-0.05, 0) is 42.7 Å². The topological polar surface area (TPSA) is 164 Å². The van der Waals surface area contributed by atoms with Gasteiger partial charge in [0, 0.05) is 32.4 Å². The van der Waals surface area contributed by atoms with Crippen molar-refractivity contribution in [3.8, 4) is 0 Å². The molecule has 2 aliphatic rings. The molecule has 4 aromatic heterocycles. The van der Waals surface area contributed by atoms with Gasteiger partial charge in [-0.3, -0.25) is 24.3 Å². The number of aromatic amines is 1. The summed E-state index contributed by atoms with van der Waals surface area (Å²) in [5, 5.41) is 9.48. The number of ether oxygens (including phenoxy) is 1. The molecular weight excluding hydrogens is 732 g/mol. The predicted molar refractivity (Wildman–Crippen MR) is 184 cm³/mol. The molecule has 2 amide bonds. The van der Waals surface area contributed by atoms with E-state index in [2.05, 4.69) is 25.5 Å². The average Bonchev–Trinajstić information content (AvgIpc) is 3.72. The van der Waals surface area contributed by atoms with E-state index in [1.54, 1.807) is 16.4 Å². The Morgan fingerprint density at radius 3 is 2.54 bits per heavy atom. The fourth-order valence-electron chi connectivity index (χ4n) is 6.35. The minimum Gasteiger partial charge on any atom is -0.377 e. The van der Waals surface area contributed by atoms with Crippen molar-refractivity contribution >= 4 is 63.4 Å². The van der Waals surface area contributed by atoms with E-state index < -0.39 is 41.2 Å². The fourth-order valence-corrected chi connectivity index (χ4v) is 6.76. The summed E-state index contributed by atoms with van der Waals surface area (Å²) >= 11 is 12.3. The van der Waals surface area contributed by atoms with E-state index in [0.717, 1.165) is 28.3 Å². The maximum atomic E-state index is 14.2. The highest BCUT2D eigenvalue weighted by molar-refractivity contribution is 6.33. The van der Waals surface area contributed by atoms with Gasteiger partial charge in [-0.1, -0.05) is 36.2 Å². The first kappa shape index (κ1) is 35.2. The van der Waals surface area contributed by atoms with Gasteiger partial charge in [0.1, 0.15) is 17.4 Å². The van der Waals surface area contributed by atoms with E-state index in [-0.39, 0.29) is 77.0 Å². The highest BCUT2D eigenvalue weighted by Gasteiger charge is 2.33. The molecule has 6 heterocycles. The summed E-state index contributed by atoms with van der Waals surface area (Å²) in [6, 6.07) is 4.08. The summed E-state index contributed by atoms with van der Waals surface area (Å²) in [6.07, 6.45) is -0.647. The Balaban J connectivity index is 1.22. The van der Waals surface area contributed by atoms with Crippen LogP contribution in [0.2, 0.25) is 10.2 Å². The van der Waals surface area contributed by atoms with Gasteiger partial charge >= 0.3 is 6.18 Å². The van der Waals surface area contributed by atoms with Crippen molar-refractivity contribution in [1.82, 2.24) is 38.7 Å². The quantitative estimate of drug-likeness (QED) is 0.236. The number of halogens is 5. The van der Waals surface area contributed by atoms with Gasteiger partial charge in [-0.25, -0.2) is 9.50 Å². The molecule has 0 spiro atoms. The zero-order chi connectivity index (χ0) is 36.9. The molecule has 1 aromatic carbocycles. The summed E-state index contributed by atoms with van der Waals surface area (Å²) < 4.78 is 48.9. The molecule has 2 aliphatic heterocycles. The molecule has 7 rings (SSSR count). The summed E-state index contributed by atoms with van der Waals surface area (Å²) in [5.41, 5.74) is -0.767. The number of nitrogens with one attached hydrogen (secondary N) is 2. The number of H-pyrrole nitrogens is 1. The van der Waals surface area contributed by atoms with Crippen LogP contribution in [0.15, 0.2) is 46.1 Å². The number of hydrogen-bond donors (Lipinski definition) is 2. The molecule has 1 fully saturated rings. The zero-order valence-electron chi connectivity index (χ0n) is 27.3. The van der Waals surface area contributed by atoms with E-state index in [4.69, 9.17) is 27.9 Å².